The molecule has 0 bridgehead atoms. The summed E-state index contributed by atoms with van der Waals surface area (Å²) in [5.74, 6) is 0.252. The van der Waals surface area contributed by atoms with Crippen molar-refractivity contribution in [3.63, 3.8) is 0 Å². The van der Waals surface area contributed by atoms with E-state index in [0.717, 1.165) is 12.0 Å². The van der Waals surface area contributed by atoms with Gasteiger partial charge in [-0.2, -0.15) is 0 Å². The molecule has 3 heteroatoms. The van der Waals surface area contributed by atoms with Crippen molar-refractivity contribution < 1.29 is 9.50 Å². The first-order valence-electron chi connectivity index (χ1n) is 6.17. The van der Waals surface area contributed by atoms with Crippen molar-refractivity contribution in [3.05, 3.63) is 35.6 Å². The van der Waals surface area contributed by atoms with E-state index in [1.165, 1.54) is 12.1 Å². The molecule has 2 N–H and O–H groups in total. The van der Waals surface area contributed by atoms with Crippen LogP contribution in [0.3, 0.4) is 0 Å². The third kappa shape index (κ3) is 4.44. The third-order valence-electron chi connectivity index (χ3n) is 3.08. The quantitative estimate of drug-likeness (QED) is 0.800. The highest BCUT2D eigenvalue weighted by molar-refractivity contribution is 5.19. The van der Waals surface area contributed by atoms with E-state index in [4.69, 9.17) is 5.11 Å². The molecular formula is C14H22FNO. The lowest BCUT2D eigenvalue weighted by Crippen LogP contribution is -2.36. The van der Waals surface area contributed by atoms with Gasteiger partial charge in [0.15, 0.2) is 0 Å². The zero-order chi connectivity index (χ0) is 12.8. The summed E-state index contributed by atoms with van der Waals surface area (Å²) in [5.41, 5.74) is 1.06. The van der Waals surface area contributed by atoms with E-state index in [1.807, 2.05) is 0 Å². The van der Waals surface area contributed by atoms with Crippen LogP contribution in [0.2, 0.25) is 0 Å². The van der Waals surface area contributed by atoms with Crippen LogP contribution in [0, 0.1) is 11.7 Å². The minimum absolute atomic E-state index is 0.162. The van der Waals surface area contributed by atoms with Crippen molar-refractivity contribution in [2.24, 2.45) is 5.92 Å². The number of rotatable bonds is 6. The molecule has 0 spiro atoms. The molecule has 0 heterocycles. The van der Waals surface area contributed by atoms with Gasteiger partial charge >= 0.3 is 0 Å². The van der Waals surface area contributed by atoms with Gasteiger partial charge in [-0.25, -0.2) is 4.39 Å². The first-order chi connectivity index (χ1) is 8.04. The van der Waals surface area contributed by atoms with Crippen molar-refractivity contribution in [2.75, 3.05) is 6.61 Å². The highest BCUT2D eigenvalue weighted by Crippen LogP contribution is 2.16. The Bertz CT molecular complexity index is 323. The number of aliphatic hydroxyl groups excluding tert-OH is 1. The zero-order valence-electron chi connectivity index (χ0n) is 10.8. The average molecular weight is 239 g/mol. The lowest BCUT2D eigenvalue weighted by atomic mass is 9.98. The highest BCUT2D eigenvalue weighted by atomic mass is 19.1. The Morgan fingerprint density at radius 3 is 2.24 bits per heavy atom. The van der Waals surface area contributed by atoms with Crippen molar-refractivity contribution >= 4 is 0 Å². The summed E-state index contributed by atoms with van der Waals surface area (Å²) in [6.07, 6.45) is 0.739. The Balaban J connectivity index is 2.63. The summed E-state index contributed by atoms with van der Waals surface area (Å²) < 4.78 is 12.8. The number of hydrogen-bond acceptors (Lipinski definition) is 2. The first-order valence-corrected chi connectivity index (χ1v) is 6.17. The van der Waals surface area contributed by atoms with Gasteiger partial charge in [-0.15, -0.1) is 0 Å². The largest absolute Gasteiger partial charge is 0.396 e. The second-order valence-electron chi connectivity index (χ2n) is 4.80. The molecule has 0 fully saturated rings. The molecule has 0 saturated carbocycles. The van der Waals surface area contributed by atoms with Crippen molar-refractivity contribution in [2.45, 2.75) is 39.3 Å². The lowest BCUT2D eigenvalue weighted by Gasteiger charge is -2.26. The Morgan fingerprint density at radius 1 is 1.18 bits per heavy atom. The van der Waals surface area contributed by atoms with Gasteiger partial charge in [0.2, 0.25) is 0 Å². The molecule has 0 aliphatic carbocycles. The number of benzene rings is 1. The zero-order valence-corrected chi connectivity index (χ0v) is 10.8. The second kappa shape index (κ2) is 6.72. The number of nitrogens with one attached hydrogen (secondary N) is 1. The van der Waals surface area contributed by atoms with Gasteiger partial charge in [0.1, 0.15) is 5.82 Å². The minimum atomic E-state index is -0.211. The summed E-state index contributed by atoms with van der Waals surface area (Å²) in [6.45, 7) is 6.50. The van der Waals surface area contributed by atoms with Crippen molar-refractivity contribution in [3.8, 4) is 0 Å². The Hall–Kier alpha value is -0.930. The third-order valence-corrected chi connectivity index (χ3v) is 3.08. The van der Waals surface area contributed by atoms with Crippen LogP contribution in [0.4, 0.5) is 4.39 Å². The van der Waals surface area contributed by atoms with E-state index in [0.29, 0.717) is 5.92 Å². The molecule has 1 aromatic rings. The molecule has 17 heavy (non-hydrogen) atoms. The maximum Gasteiger partial charge on any atom is 0.123 e. The van der Waals surface area contributed by atoms with Gasteiger partial charge in [-0.05, 0) is 37.0 Å². The van der Waals surface area contributed by atoms with E-state index in [2.05, 4.69) is 26.1 Å². The van der Waals surface area contributed by atoms with E-state index in [1.54, 1.807) is 12.1 Å². The topological polar surface area (TPSA) is 32.3 Å². The van der Waals surface area contributed by atoms with Crippen LogP contribution in [0.25, 0.3) is 0 Å². The SMILES string of the molecule is CC(NC(CCO)C(C)C)c1ccc(F)cc1. The predicted octanol–water partition coefficient (Wildman–Crippen LogP) is 2.88. The van der Waals surface area contributed by atoms with Crippen LogP contribution in [-0.2, 0) is 0 Å². The molecule has 0 amide bonds. The van der Waals surface area contributed by atoms with Crippen molar-refractivity contribution in [1.82, 2.24) is 5.32 Å². The summed E-state index contributed by atoms with van der Waals surface area (Å²) >= 11 is 0. The van der Waals surface area contributed by atoms with Crippen LogP contribution in [0.15, 0.2) is 24.3 Å². The fourth-order valence-corrected chi connectivity index (χ4v) is 1.92. The molecule has 2 atom stereocenters. The molecule has 0 radical (unpaired) electrons. The number of halogens is 1. The standard InChI is InChI=1S/C14H22FNO/c1-10(2)14(8-9-17)16-11(3)12-4-6-13(15)7-5-12/h4-7,10-11,14,16-17H,8-9H2,1-3H3. The number of aliphatic hydroxyl groups is 1. The maximum absolute atomic E-state index is 12.8. The first kappa shape index (κ1) is 14.1. The molecular weight excluding hydrogens is 217 g/mol. The monoisotopic (exact) mass is 239 g/mol. The van der Waals surface area contributed by atoms with Crippen LogP contribution in [-0.4, -0.2) is 17.8 Å². The van der Waals surface area contributed by atoms with Gasteiger partial charge < -0.3 is 10.4 Å². The Morgan fingerprint density at radius 2 is 1.76 bits per heavy atom. The minimum Gasteiger partial charge on any atom is -0.396 e. The Labute approximate surface area is 103 Å². The summed E-state index contributed by atoms with van der Waals surface area (Å²) in [4.78, 5) is 0. The van der Waals surface area contributed by atoms with Crippen LogP contribution in [0.1, 0.15) is 38.8 Å². The smallest absolute Gasteiger partial charge is 0.123 e. The second-order valence-corrected chi connectivity index (χ2v) is 4.80. The number of hydrogen-bond donors (Lipinski definition) is 2. The molecule has 2 nitrogen and oxygen atoms in total. The highest BCUT2D eigenvalue weighted by Gasteiger charge is 2.16. The van der Waals surface area contributed by atoms with Crippen LogP contribution < -0.4 is 5.32 Å². The maximum atomic E-state index is 12.8. The molecule has 96 valence electrons. The molecule has 0 aliphatic rings. The van der Waals surface area contributed by atoms with Crippen molar-refractivity contribution in [1.29, 1.82) is 0 Å². The Kier molecular flexibility index (Phi) is 5.59. The van der Waals surface area contributed by atoms with E-state index < -0.39 is 0 Å². The van der Waals surface area contributed by atoms with E-state index >= 15 is 0 Å². The van der Waals surface area contributed by atoms with Crippen LogP contribution in [0.5, 0.6) is 0 Å². The predicted molar refractivity (Wildman–Crippen MR) is 68.3 cm³/mol. The van der Waals surface area contributed by atoms with Gasteiger partial charge in [-0.1, -0.05) is 26.0 Å². The normalized spacial score (nSPS) is 14.9. The molecule has 0 aliphatic heterocycles. The molecule has 1 aromatic carbocycles. The molecule has 2 unspecified atom stereocenters. The molecule has 0 saturated heterocycles. The lowest BCUT2D eigenvalue weighted by molar-refractivity contribution is 0.237. The van der Waals surface area contributed by atoms with Gasteiger partial charge in [0.25, 0.3) is 0 Å². The van der Waals surface area contributed by atoms with Gasteiger partial charge in [0.05, 0.1) is 0 Å². The van der Waals surface area contributed by atoms with Gasteiger partial charge in [0, 0.05) is 18.7 Å². The van der Waals surface area contributed by atoms with Crippen LogP contribution >= 0.6 is 0 Å². The summed E-state index contributed by atoms with van der Waals surface area (Å²) in [6, 6.07) is 6.98. The van der Waals surface area contributed by atoms with E-state index in [-0.39, 0.29) is 24.5 Å². The molecule has 0 aromatic heterocycles. The van der Waals surface area contributed by atoms with E-state index in [9.17, 15) is 4.39 Å². The molecule has 1 rings (SSSR count). The summed E-state index contributed by atoms with van der Waals surface area (Å²) in [5, 5.41) is 12.5. The fraction of sp³-hybridized carbons (Fsp3) is 0.571. The van der Waals surface area contributed by atoms with Gasteiger partial charge in [-0.3, -0.25) is 0 Å². The average Bonchev–Trinajstić information content (AvgIpc) is 2.29. The fourth-order valence-electron chi connectivity index (χ4n) is 1.92. The summed E-state index contributed by atoms with van der Waals surface area (Å²) in [7, 11) is 0.